The van der Waals surface area contributed by atoms with Crippen LogP contribution < -0.4 is 10.2 Å². The molecule has 1 atom stereocenters. The Morgan fingerprint density at radius 1 is 1.11 bits per heavy atom. The minimum absolute atomic E-state index is 0.110. The summed E-state index contributed by atoms with van der Waals surface area (Å²) in [6.45, 7) is 1.48. The van der Waals surface area contributed by atoms with E-state index in [0.29, 0.717) is 18.5 Å². The topological polar surface area (TPSA) is 69.7 Å². The van der Waals surface area contributed by atoms with Gasteiger partial charge in [-0.25, -0.2) is 0 Å². The molecule has 0 radical (unpaired) electrons. The molecule has 0 spiro atoms. The normalized spacial score (nSPS) is 23.4. The molecule has 4 rings (SSSR count). The zero-order valence-electron chi connectivity index (χ0n) is 15.9. The number of anilines is 1. The lowest BCUT2D eigenvalue weighted by Crippen LogP contribution is -2.52. The Hall–Kier alpha value is -2.37. The quantitative estimate of drug-likeness (QED) is 0.828. The minimum atomic E-state index is -0.550. The molecule has 3 amide bonds. The number of imide groups is 1. The van der Waals surface area contributed by atoms with Crippen molar-refractivity contribution in [2.75, 3.05) is 18.5 Å². The van der Waals surface area contributed by atoms with Crippen LogP contribution in [0.2, 0.25) is 0 Å². The highest BCUT2D eigenvalue weighted by molar-refractivity contribution is 6.05. The van der Waals surface area contributed by atoms with Gasteiger partial charge in [-0.05, 0) is 48.9 Å². The molecule has 1 aliphatic carbocycles. The van der Waals surface area contributed by atoms with E-state index in [0.717, 1.165) is 23.7 Å². The Kier molecular flexibility index (Phi) is 4.89. The van der Waals surface area contributed by atoms with Gasteiger partial charge in [0.1, 0.15) is 6.04 Å². The molecule has 1 aromatic carbocycles. The van der Waals surface area contributed by atoms with Crippen molar-refractivity contribution in [3.05, 3.63) is 29.3 Å². The first-order valence-electron chi connectivity index (χ1n) is 10.0. The van der Waals surface area contributed by atoms with Crippen molar-refractivity contribution in [1.82, 2.24) is 10.2 Å². The Labute approximate surface area is 159 Å². The van der Waals surface area contributed by atoms with Crippen LogP contribution in [0, 0.1) is 5.92 Å². The molecule has 2 fully saturated rings. The van der Waals surface area contributed by atoms with Gasteiger partial charge in [-0.15, -0.1) is 0 Å². The van der Waals surface area contributed by atoms with Crippen molar-refractivity contribution in [3.8, 4) is 0 Å². The van der Waals surface area contributed by atoms with Crippen LogP contribution in [0.25, 0.3) is 0 Å². The number of carbonyl (C=O) groups excluding carboxylic acids is 3. The highest BCUT2D eigenvalue weighted by Crippen LogP contribution is 2.31. The lowest BCUT2D eigenvalue weighted by molar-refractivity contribution is -0.136. The van der Waals surface area contributed by atoms with Gasteiger partial charge in [0.25, 0.3) is 5.91 Å². The third-order valence-corrected chi connectivity index (χ3v) is 6.20. The minimum Gasteiger partial charge on any atom is -0.374 e. The highest BCUT2D eigenvalue weighted by Gasteiger charge is 2.39. The van der Waals surface area contributed by atoms with Crippen molar-refractivity contribution in [2.45, 2.75) is 57.5 Å². The molecule has 3 aliphatic rings. The average Bonchev–Trinajstić information content (AvgIpc) is 2.98. The molecule has 2 heterocycles. The van der Waals surface area contributed by atoms with Crippen LogP contribution in [0.15, 0.2) is 18.2 Å². The van der Waals surface area contributed by atoms with Crippen molar-refractivity contribution < 1.29 is 14.4 Å². The fourth-order valence-electron chi connectivity index (χ4n) is 4.66. The molecule has 0 aromatic heterocycles. The molecule has 1 saturated carbocycles. The summed E-state index contributed by atoms with van der Waals surface area (Å²) in [5.41, 5.74) is 2.77. The van der Waals surface area contributed by atoms with Crippen LogP contribution in [-0.2, 0) is 16.1 Å². The summed E-state index contributed by atoms with van der Waals surface area (Å²) >= 11 is 0. The molecule has 144 valence electrons. The lowest BCUT2D eigenvalue weighted by atomic mass is 9.89. The van der Waals surface area contributed by atoms with Crippen LogP contribution in [0.3, 0.4) is 0 Å². The van der Waals surface area contributed by atoms with E-state index in [9.17, 15) is 14.4 Å². The second kappa shape index (κ2) is 7.33. The number of nitrogens with zero attached hydrogens (tertiary/aromatic N) is 2. The predicted octanol–water partition coefficient (Wildman–Crippen LogP) is 2.46. The molecule has 6 heteroatoms. The zero-order chi connectivity index (χ0) is 19.0. The summed E-state index contributed by atoms with van der Waals surface area (Å²) in [4.78, 5) is 40.2. The summed E-state index contributed by atoms with van der Waals surface area (Å²) in [6.07, 6.45) is 7.31. The smallest absolute Gasteiger partial charge is 0.255 e. The van der Waals surface area contributed by atoms with Crippen molar-refractivity contribution >= 4 is 23.4 Å². The Morgan fingerprint density at radius 3 is 2.63 bits per heavy atom. The summed E-state index contributed by atoms with van der Waals surface area (Å²) < 4.78 is 0. The van der Waals surface area contributed by atoms with Gasteiger partial charge in [-0.1, -0.05) is 19.3 Å². The molecule has 1 saturated heterocycles. The molecule has 1 N–H and O–H groups in total. The van der Waals surface area contributed by atoms with Crippen molar-refractivity contribution in [1.29, 1.82) is 0 Å². The van der Waals surface area contributed by atoms with Gasteiger partial charge in [-0.2, -0.15) is 0 Å². The third-order valence-electron chi connectivity index (χ3n) is 6.20. The third kappa shape index (κ3) is 3.57. The number of hydrogen-bond acceptors (Lipinski definition) is 4. The van der Waals surface area contributed by atoms with E-state index < -0.39 is 6.04 Å². The number of carbonyl (C=O) groups is 3. The average molecular weight is 369 g/mol. The molecule has 1 unspecified atom stereocenters. The Morgan fingerprint density at radius 2 is 1.89 bits per heavy atom. The Balaban J connectivity index is 1.47. The largest absolute Gasteiger partial charge is 0.374 e. The van der Waals surface area contributed by atoms with Crippen LogP contribution in [0.4, 0.5) is 5.69 Å². The summed E-state index contributed by atoms with van der Waals surface area (Å²) in [5, 5.41) is 2.35. The SMILES string of the molecule is CN(CC1CCCCC1)c1ccc2c(c1)CN(C1CCC(=O)NC1=O)C2=O. The van der Waals surface area contributed by atoms with Gasteiger partial charge < -0.3 is 9.80 Å². The second-order valence-electron chi connectivity index (χ2n) is 8.13. The first kappa shape index (κ1) is 18.0. The molecule has 27 heavy (non-hydrogen) atoms. The maximum Gasteiger partial charge on any atom is 0.255 e. The van der Waals surface area contributed by atoms with Crippen LogP contribution >= 0.6 is 0 Å². The predicted molar refractivity (Wildman–Crippen MR) is 102 cm³/mol. The monoisotopic (exact) mass is 369 g/mol. The van der Waals surface area contributed by atoms with E-state index in [4.69, 9.17) is 0 Å². The summed E-state index contributed by atoms with van der Waals surface area (Å²) in [6, 6.07) is 5.43. The van der Waals surface area contributed by atoms with E-state index in [1.807, 2.05) is 12.1 Å². The maximum absolute atomic E-state index is 12.8. The zero-order valence-corrected chi connectivity index (χ0v) is 15.9. The van der Waals surface area contributed by atoms with E-state index in [1.54, 1.807) is 4.90 Å². The van der Waals surface area contributed by atoms with Gasteiger partial charge in [0, 0.05) is 37.8 Å². The van der Waals surface area contributed by atoms with Crippen LogP contribution in [-0.4, -0.2) is 42.3 Å². The molecular weight excluding hydrogens is 342 g/mol. The molecule has 2 aliphatic heterocycles. The van der Waals surface area contributed by atoms with Crippen LogP contribution in [0.1, 0.15) is 60.9 Å². The van der Waals surface area contributed by atoms with Crippen LogP contribution in [0.5, 0.6) is 0 Å². The molecular formula is C21H27N3O3. The van der Waals surface area contributed by atoms with E-state index >= 15 is 0 Å². The van der Waals surface area contributed by atoms with Gasteiger partial charge in [0.2, 0.25) is 11.8 Å². The molecule has 0 bridgehead atoms. The van der Waals surface area contributed by atoms with Crippen molar-refractivity contribution in [2.24, 2.45) is 5.92 Å². The van der Waals surface area contributed by atoms with Gasteiger partial charge in [0.15, 0.2) is 0 Å². The fourth-order valence-corrected chi connectivity index (χ4v) is 4.66. The number of amides is 3. The van der Waals surface area contributed by atoms with E-state index in [1.165, 1.54) is 32.1 Å². The molecule has 6 nitrogen and oxygen atoms in total. The highest BCUT2D eigenvalue weighted by atomic mass is 16.2. The number of piperidine rings is 1. The number of nitrogens with one attached hydrogen (secondary N) is 1. The maximum atomic E-state index is 12.8. The van der Waals surface area contributed by atoms with Gasteiger partial charge in [-0.3, -0.25) is 19.7 Å². The standard InChI is InChI=1S/C21H27N3O3/c1-23(12-14-5-3-2-4-6-14)16-7-8-17-15(11-16)13-24(21(17)27)18-9-10-19(25)22-20(18)26/h7-8,11,14,18H,2-6,9-10,12-13H2,1H3,(H,22,25,26). The van der Waals surface area contributed by atoms with E-state index in [-0.39, 0.29) is 24.1 Å². The Bertz CT molecular complexity index is 770. The fraction of sp³-hybridized carbons (Fsp3) is 0.571. The van der Waals surface area contributed by atoms with Gasteiger partial charge in [0.05, 0.1) is 0 Å². The number of fused-ring (bicyclic) bond motifs is 1. The first-order chi connectivity index (χ1) is 13.0. The van der Waals surface area contributed by atoms with Gasteiger partial charge >= 0.3 is 0 Å². The lowest BCUT2D eigenvalue weighted by Gasteiger charge is -2.29. The number of hydrogen-bond donors (Lipinski definition) is 1. The van der Waals surface area contributed by atoms with E-state index in [2.05, 4.69) is 23.3 Å². The number of benzene rings is 1. The summed E-state index contributed by atoms with van der Waals surface area (Å²) in [5.74, 6) is 0.0219. The summed E-state index contributed by atoms with van der Waals surface area (Å²) in [7, 11) is 2.12. The molecule has 1 aromatic rings. The van der Waals surface area contributed by atoms with Crippen molar-refractivity contribution in [3.63, 3.8) is 0 Å². The second-order valence-corrected chi connectivity index (χ2v) is 8.13. The first-order valence-corrected chi connectivity index (χ1v) is 10.0. The number of rotatable bonds is 4.